The second-order valence-corrected chi connectivity index (χ2v) is 7.19. The predicted molar refractivity (Wildman–Crippen MR) is 106 cm³/mol. The van der Waals surface area contributed by atoms with Gasteiger partial charge < -0.3 is 9.47 Å². The molecule has 0 saturated heterocycles. The molecule has 11 heteroatoms. The van der Waals surface area contributed by atoms with Gasteiger partial charge in [-0.15, -0.1) is 24.9 Å². The van der Waals surface area contributed by atoms with Crippen LogP contribution in [0, 0.1) is 0 Å². The number of ether oxygens (including phenoxy) is 2. The maximum absolute atomic E-state index is 12.8. The van der Waals surface area contributed by atoms with Gasteiger partial charge in [-0.3, -0.25) is 15.0 Å². The summed E-state index contributed by atoms with van der Waals surface area (Å²) in [5.74, 6) is 0.00762. The highest BCUT2D eigenvalue weighted by Crippen LogP contribution is 2.27. The first kappa shape index (κ1) is 21.5. The smallest absolute Gasteiger partial charge is 0.497 e. The van der Waals surface area contributed by atoms with Gasteiger partial charge >= 0.3 is 6.36 Å². The molecule has 3 rings (SSSR count). The minimum Gasteiger partial charge on any atom is -0.497 e. The number of fused-ring (bicyclic) bond motifs is 1. The molecule has 158 valence electrons. The number of methoxy groups -OCH3 is 1. The van der Waals surface area contributed by atoms with E-state index >= 15 is 0 Å². The summed E-state index contributed by atoms with van der Waals surface area (Å²) in [7, 11) is 1.46. The van der Waals surface area contributed by atoms with Crippen LogP contribution in [0.4, 0.5) is 13.2 Å². The van der Waals surface area contributed by atoms with Crippen molar-refractivity contribution in [1.82, 2.24) is 9.66 Å². The van der Waals surface area contributed by atoms with Crippen molar-refractivity contribution in [3.05, 3.63) is 58.6 Å². The van der Waals surface area contributed by atoms with Crippen molar-refractivity contribution in [3.8, 4) is 11.5 Å². The molecule has 0 aliphatic carbocycles. The molecule has 0 aliphatic heterocycles. The monoisotopic (exact) mass is 439 g/mol. The fraction of sp³-hybridized carbons (Fsp3) is 0.211. The van der Waals surface area contributed by atoms with E-state index in [0.29, 0.717) is 16.4 Å². The van der Waals surface area contributed by atoms with E-state index in [1.165, 1.54) is 31.0 Å². The van der Waals surface area contributed by atoms with Crippen molar-refractivity contribution in [2.24, 2.45) is 0 Å². The van der Waals surface area contributed by atoms with Crippen LogP contribution in [0.15, 0.2) is 52.4 Å². The van der Waals surface area contributed by atoms with E-state index in [4.69, 9.17) is 4.74 Å². The Balaban J connectivity index is 1.97. The number of hydrogen-bond donors (Lipinski definition) is 1. The number of carbonyl (C=O) groups is 1. The molecule has 0 saturated carbocycles. The highest BCUT2D eigenvalue weighted by molar-refractivity contribution is 7.99. The van der Waals surface area contributed by atoms with E-state index in [9.17, 15) is 22.8 Å². The van der Waals surface area contributed by atoms with E-state index in [2.05, 4.69) is 15.1 Å². The molecule has 3 aromatic rings. The second-order valence-electron chi connectivity index (χ2n) is 5.88. The van der Waals surface area contributed by atoms with Crippen LogP contribution in [0.2, 0.25) is 0 Å². The number of alkyl halides is 3. The molecule has 0 aliphatic rings. The van der Waals surface area contributed by atoms with Gasteiger partial charge in [0.1, 0.15) is 17.8 Å². The fourth-order valence-electron chi connectivity index (χ4n) is 2.64. The molecule has 1 heterocycles. The van der Waals surface area contributed by atoms with E-state index in [-0.39, 0.29) is 16.5 Å². The largest absolute Gasteiger partial charge is 0.573 e. The van der Waals surface area contributed by atoms with Crippen LogP contribution >= 0.6 is 11.8 Å². The second kappa shape index (κ2) is 8.66. The number of hydrogen-bond acceptors (Lipinski definition) is 6. The van der Waals surface area contributed by atoms with Crippen LogP contribution in [0.1, 0.15) is 17.3 Å². The minimum absolute atomic E-state index is 0.145. The predicted octanol–water partition coefficient (Wildman–Crippen LogP) is 3.80. The average Bonchev–Trinajstić information content (AvgIpc) is 2.69. The third-order valence-corrected chi connectivity index (χ3v) is 4.87. The number of nitrogens with zero attached hydrogens (tertiary/aromatic N) is 2. The summed E-state index contributed by atoms with van der Waals surface area (Å²) < 4.78 is 47.2. The average molecular weight is 439 g/mol. The zero-order valence-electron chi connectivity index (χ0n) is 15.8. The molecule has 7 nitrogen and oxygen atoms in total. The Hall–Kier alpha value is -3.21. The van der Waals surface area contributed by atoms with Crippen LogP contribution in [0.5, 0.6) is 11.5 Å². The lowest BCUT2D eigenvalue weighted by Crippen LogP contribution is -2.33. The molecule has 1 amide bonds. The molecule has 1 aromatic heterocycles. The van der Waals surface area contributed by atoms with Crippen LogP contribution in [0.25, 0.3) is 10.9 Å². The number of thioether (sulfide) groups is 1. The Morgan fingerprint density at radius 2 is 1.93 bits per heavy atom. The van der Waals surface area contributed by atoms with Gasteiger partial charge in [0.2, 0.25) is 0 Å². The lowest BCUT2D eigenvalue weighted by Gasteiger charge is -2.13. The summed E-state index contributed by atoms with van der Waals surface area (Å²) in [6, 6.07) is 8.16. The summed E-state index contributed by atoms with van der Waals surface area (Å²) in [5.41, 5.74) is 2.09. The summed E-state index contributed by atoms with van der Waals surface area (Å²) in [4.78, 5) is 30.1. The fourth-order valence-corrected chi connectivity index (χ4v) is 3.42. The van der Waals surface area contributed by atoms with Crippen LogP contribution in [-0.4, -0.2) is 34.8 Å². The van der Waals surface area contributed by atoms with Crippen molar-refractivity contribution in [1.29, 1.82) is 0 Å². The van der Waals surface area contributed by atoms with Gasteiger partial charge in [-0.25, -0.2) is 9.66 Å². The Labute approximate surface area is 172 Å². The van der Waals surface area contributed by atoms with Crippen molar-refractivity contribution >= 4 is 28.6 Å². The number of benzene rings is 2. The Kier molecular flexibility index (Phi) is 6.20. The highest BCUT2D eigenvalue weighted by atomic mass is 32.2. The molecule has 1 N–H and O–H groups in total. The molecule has 2 aromatic carbocycles. The van der Waals surface area contributed by atoms with Gasteiger partial charge in [0.05, 0.1) is 23.6 Å². The van der Waals surface area contributed by atoms with Gasteiger partial charge in [-0.1, -0.05) is 6.92 Å². The molecule has 0 radical (unpaired) electrons. The molecular formula is C19H16F3N3O4S. The van der Waals surface area contributed by atoms with Gasteiger partial charge in [0.25, 0.3) is 11.5 Å². The normalized spacial score (nSPS) is 11.4. The molecule has 0 bridgehead atoms. The third kappa shape index (κ3) is 4.85. The quantitative estimate of drug-likeness (QED) is 0.589. The molecule has 0 spiro atoms. The maximum atomic E-state index is 12.8. The number of nitrogens with one attached hydrogen (secondary N) is 1. The number of halogens is 3. The van der Waals surface area contributed by atoms with Crippen molar-refractivity contribution in [3.63, 3.8) is 0 Å². The van der Waals surface area contributed by atoms with E-state index < -0.39 is 23.6 Å². The standard InChI is InChI=1S/C19H16F3N3O4S/c1-3-30-16-7-5-11(28-2)8-14(16)17(26)24-25-10-23-15-6-4-12(29-19(20,21)22)9-13(15)18(25)27/h4-10H,3H2,1-2H3,(H,24,26). The van der Waals surface area contributed by atoms with Crippen LogP contribution in [-0.2, 0) is 0 Å². The first-order valence-corrected chi connectivity index (χ1v) is 9.59. The lowest BCUT2D eigenvalue weighted by molar-refractivity contribution is -0.274. The first-order valence-electron chi connectivity index (χ1n) is 8.61. The summed E-state index contributed by atoms with van der Waals surface area (Å²) in [6.07, 6.45) is -3.82. The zero-order valence-corrected chi connectivity index (χ0v) is 16.6. The minimum atomic E-state index is -4.90. The molecule has 0 unspecified atom stereocenters. The van der Waals surface area contributed by atoms with Crippen molar-refractivity contribution in [2.75, 3.05) is 18.3 Å². The molecular weight excluding hydrogens is 423 g/mol. The third-order valence-electron chi connectivity index (χ3n) is 3.92. The van der Waals surface area contributed by atoms with Gasteiger partial charge in [-0.05, 0) is 42.2 Å². The Morgan fingerprint density at radius 1 is 1.20 bits per heavy atom. The Morgan fingerprint density at radius 3 is 2.60 bits per heavy atom. The Bertz CT molecular complexity index is 1150. The number of carbonyl (C=O) groups excluding carboxylic acids is 1. The highest BCUT2D eigenvalue weighted by Gasteiger charge is 2.31. The van der Waals surface area contributed by atoms with E-state index in [0.717, 1.165) is 23.1 Å². The lowest BCUT2D eigenvalue weighted by atomic mass is 10.2. The first-order chi connectivity index (χ1) is 14.2. The van der Waals surface area contributed by atoms with Gasteiger partial charge in [-0.2, -0.15) is 0 Å². The number of rotatable bonds is 6. The zero-order chi connectivity index (χ0) is 21.9. The molecule has 30 heavy (non-hydrogen) atoms. The maximum Gasteiger partial charge on any atom is 0.573 e. The summed E-state index contributed by atoms with van der Waals surface area (Å²) in [5, 5.41) is -0.145. The van der Waals surface area contributed by atoms with E-state index in [1.807, 2.05) is 6.92 Å². The van der Waals surface area contributed by atoms with Gasteiger partial charge in [0, 0.05) is 4.90 Å². The SMILES string of the molecule is CCSc1ccc(OC)cc1C(=O)Nn1cnc2ccc(OC(F)(F)F)cc2c1=O. The summed E-state index contributed by atoms with van der Waals surface area (Å²) in [6.45, 7) is 1.93. The topological polar surface area (TPSA) is 82.4 Å². The number of amides is 1. The van der Waals surface area contributed by atoms with Crippen LogP contribution in [0.3, 0.4) is 0 Å². The summed E-state index contributed by atoms with van der Waals surface area (Å²) >= 11 is 1.43. The van der Waals surface area contributed by atoms with Gasteiger partial charge in [0.15, 0.2) is 0 Å². The van der Waals surface area contributed by atoms with Crippen molar-refractivity contribution < 1.29 is 27.4 Å². The van der Waals surface area contributed by atoms with Crippen LogP contribution < -0.4 is 20.5 Å². The van der Waals surface area contributed by atoms with Crippen molar-refractivity contribution in [2.45, 2.75) is 18.2 Å². The molecule has 0 atom stereocenters. The molecule has 0 fully saturated rings. The van der Waals surface area contributed by atoms with E-state index in [1.54, 1.807) is 12.1 Å². The number of aromatic nitrogens is 2.